The molecule has 0 aliphatic rings. The van der Waals surface area contributed by atoms with E-state index in [0.717, 1.165) is 18.3 Å². The van der Waals surface area contributed by atoms with Gasteiger partial charge in [0.2, 0.25) is 23.6 Å². The van der Waals surface area contributed by atoms with Crippen LogP contribution in [0.25, 0.3) is 0 Å². The summed E-state index contributed by atoms with van der Waals surface area (Å²) in [5.74, 6) is -0.209. The molecule has 34 heavy (non-hydrogen) atoms. The molecule has 3 rings (SSSR count). The Morgan fingerprint density at radius 2 is 1.74 bits per heavy atom. The highest BCUT2D eigenvalue weighted by Crippen LogP contribution is 2.34. The van der Waals surface area contributed by atoms with Crippen molar-refractivity contribution >= 4 is 41.1 Å². The van der Waals surface area contributed by atoms with Crippen LogP contribution in [0, 0.1) is 26.0 Å². The molecule has 0 atom stereocenters. The Hall–Kier alpha value is -4.95. The van der Waals surface area contributed by atoms with E-state index in [1.54, 1.807) is 19.0 Å². The molecule has 0 spiro atoms. The van der Waals surface area contributed by atoms with Gasteiger partial charge in [-0.05, 0) is 24.3 Å². The third-order valence-electron chi connectivity index (χ3n) is 4.19. The number of nitrogens with one attached hydrogen (secondary N) is 2. The van der Waals surface area contributed by atoms with Gasteiger partial charge in [-0.15, -0.1) is 0 Å². The molecule has 0 aliphatic heterocycles. The highest BCUT2D eigenvalue weighted by atomic mass is 19.1. The lowest BCUT2D eigenvalue weighted by Gasteiger charge is -2.13. The predicted molar refractivity (Wildman–Crippen MR) is 121 cm³/mol. The van der Waals surface area contributed by atoms with E-state index in [0.29, 0.717) is 5.69 Å². The summed E-state index contributed by atoms with van der Waals surface area (Å²) in [6.07, 6.45) is 1.10. The Morgan fingerprint density at radius 3 is 2.32 bits per heavy atom. The molecular weight excluding hydrogens is 453 g/mol. The fourth-order valence-corrected chi connectivity index (χ4v) is 2.67. The van der Waals surface area contributed by atoms with Crippen LogP contribution in [0.4, 0.5) is 39.3 Å². The normalized spacial score (nSPS) is 10.7. The zero-order valence-corrected chi connectivity index (χ0v) is 18.1. The van der Waals surface area contributed by atoms with Crippen molar-refractivity contribution in [3.63, 3.8) is 0 Å². The van der Waals surface area contributed by atoms with E-state index in [4.69, 9.17) is 4.74 Å². The van der Waals surface area contributed by atoms with Gasteiger partial charge in [-0.2, -0.15) is 20.1 Å². The first kappa shape index (κ1) is 23.7. The minimum atomic E-state index is -0.792. The second kappa shape index (κ2) is 10.1. The number of rotatable bonds is 9. The lowest BCUT2D eigenvalue weighted by atomic mass is 10.1. The Labute approximate surface area is 191 Å². The summed E-state index contributed by atoms with van der Waals surface area (Å²) in [6.45, 7) is 0. The number of nitro groups is 2. The van der Waals surface area contributed by atoms with E-state index >= 15 is 0 Å². The topological polar surface area (TPSA) is 174 Å². The SMILES string of the molecule is COc1c(/C=N\Nc2nc(Nc3ccc(F)cc3)nc(N(C)C)n2)cc([N+](=O)[O-])cc1[N+](=O)[O-]. The van der Waals surface area contributed by atoms with Crippen molar-refractivity contribution in [1.29, 1.82) is 0 Å². The van der Waals surface area contributed by atoms with Crippen LogP contribution in [0.3, 0.4) is 0 Å². The summed E-state index contributed by atoms with van der Waals surface area (Å²) in [4.78, 5) is 35.1. The number of benzene rings is 2. The molecule has 3 aromatic rings. The standard InChI is InChI=1S/C19H18FN9O5/c1-27(2)19-24-17(22-13-6-4-12(20)5-7-13)23-18(25-19)26-21-10-11-8-14(28(30)31)9-15(29(32)33)16(11)34-3/h4-10H,1-3H3,(H2,22,23,24,25,26)/b21-10-. The van der Waals surface area contributed by atoms with Crippen molar-refractivity contribution in [2.24, 2.45) is 5.10 Å². The fourth-order valence-electron chi connectivity index (χ4n) is 2.67. The molecule has 14 nitrogen and oxygen atoms in total. The smallest absolute Gasteiger partial charge is 0.318 e. The average Bonchev–Trinajstić information content (AvgIpc) is 2.79. The molecule has 0 amide bonds. The van der Waals surface area contributed by atoms with Crippen molar-refractivity contribution in [2.45, 2.75) is 0 Å². The molecule has 2 aromatic carbocycles. The molecule has 0 bridgehead atoms. The second-order valence-electron chi connectivity index (χ2n) is 6.78. The summed E-state index contributed by atoms with van der Waals surface area (Å²) in [6, 6.07) is 7.42. The Morgan fingerprint density at radius 1 is 1.06 bits per heavy atom. The number of hydrogen-bond acceptors (Lipinski definition) is 12. The lowest BCUT2D eigenvalue weighted by molar-refractivity contribution is -0.394. The van der Waals surface area contributed by atoms with Crippen LogP contribution >= 0.6 is 0 Å². The molecule has 0 saturated carbocycles. The predicted octanol–water partition coefficient (Wildman–Crippen LogP) is 3.09. The third kappa shape index (κ3) is 5.64. The van der Waals surface area contributed by atoms with Gasteiger partial charge in [-0.1, -0.05) is 0 Å². The number of hydrazone groups is 1. The number of non-ortho nitro benzene ring substituents is 1. The van der Waals surface area contributed by atoms with Crippen molar-refractivity contribution in [3.8, 4) is 5.75 Å². The number of hydrogen-bond donors (Lipinski definition) is 2. The van der Waals surface area contributed by atoms with Crippen molar-refractivity contribution in [3.05, 3.63) is 68.0 Å². The number of ether oxygens (including phenoxy) is 1. The van der Waals surface area contributed by atoms with E-state index in [9.17, 15) is 24.6 Å². The molecule has 0 unspecified atom stereocenters. The van der Waals surface area contributed by atoms with Gasteiger partial charge in [-0.25, -0.2) is 9.82 Å². The first-order valence-corrected chi connectivity index (χ1v) is 9.44. The number of nitro benzene ring substituents is 2. The van der Waals surface area contributed by atoms with Gasteiger partial charge in [0, 0.05) is 25.8 Å². The third-order valence-corrected chi connectivity index (χ3v) is 4.19. The Bertz CT molecular complexity index is 1250. The van der Waals surface area contributed by atoms with Crippen LogP contribution in [0.2, 0.25) is 0 Å². The molecule has 0 aliphatic carbocycles. The minimum absolute atomic E-state index is 0.00143. The van der Waals surface area contributed by atoms with Crippen LogP contribution in [0.15, 0.2) is 41.5 Å². The highest BCUT2D eigenvalue weighted by Gasteiger charge is 2.24. The van der Waals surface area contributed by atoms with Gasteiger partial charge < -0.3 is 15.0 Å². The zero-order chi connectivity index (χ0) is 24.8. The molecule has 0 fully saturated rings. The van der Waals surface area contributed by atoms with Gasteiger partial charge in [0.05, 0.1) is 34.8 Å². The summed E-state index contributed by atoms with van der Waals surface area (Å²) in [7, 11) is 4.61. The highest BCUT2D eigenvalue weighted by molar-refractivity contribution is 5.87. The molecule has 2 N–H and O–H groups in total. The molecule has 1 aromatic heterocycles. The first-order chi connectivity index (χ1) is 16.2. The maximum absolute atomic E-state index is 13.1. The van der Waals surface area contributed by atoms with Crippen molar-refractivity contribution < 1.29 is 19.0 Å². The van der Waals surface area contributed by atoms with E-state index in [2.05, 4.69) is 30.8 Å². The van der Waals surface area contributed by atoms with Crippen molar-refractivity contribution in [2.75, 3.05) is 36.8 Å². The first-order valence-electron chi connectivity index (χ1n) is 9.44. The number of methoxy groups -OCH3 is 1. The van der Waals surface area contributed by atoms with Gasteiger partial charge >= 0.3 is 5.69 Å². The summed E-state index contributed by atoms with van der Waals surface area (Å²) < 4.78 is 18.2. The molecular formula is C19H18FN9O5. The Balaban J connectivity index is 1.91. The number of aromatic nitrogens is 3. The van der Waals surface area contributed by atoms with Gasteiger partial charge in [-0.3, -0.25) is 20.2 Å². The minimum Gasteiger partial charge on any atom is -0.490 e. The van der Waals surface area contributed by atoms with Gasteiger partial charge in [0.15, 0.2) is 0 Å². The molecule has 0 saturated heterocycles. The molecule has 15 heteroatoms. The van der Waals surface area contributed by atoms with E-state index in [1.807, 2.05) is 0 Å². The van der Waals surface area contributed by atoms with Crippen LogP contribution in [-0.4, -0.2) is 52.2 Å². The maximum atomic E-state index is 13.1. The van der Waals surface area contributed by atoms with Crippen LogP contribution in [-0.2, 0) is 0 Å². The number of anilines is 4. The summed E-state index contributed by atoms with van der Waals surface area (Å²) in [5, 5.41) is 29.3. The molecule has 176 valence electrons. The average molecular weight is 471 g/mol. The maximum Gasteiger partial charge on any atom is 0.318 e. The molecule has 0 radical (unpaired) electrons. The van der Waals surface area contributed by atoms with Crippen LogP contribution < -0.4 is 20.4 Å². The van der Waals surface area contributed by atoms with Gasteiger partial charge in [0.1, 0.15) is 5.82 Å². The fraction of sp³-hybridized carbons (Fsp3) is 0.158. The summed E-state index contributed by atoms with van der Waals surface area (Å²) in [5.41, 5.74) is 1.99. The van der Waals surface area contributed by atoms with Crippen LogP contribution in [0.5, 0.6) is 5.75 Å². The number of halogens is 1. The number of nitrogens with zero attached hydrogens (tertiary/aromatic N) is 7. The van der Waals surface area contributed by atoms with Gasteiger partial charge in [0.25, 0.3) is 5.69 Å². The quantitative estimate of drug-likeness (QED) is 0.266. The van der Waals surface area contributed by atoms with Crippen molar-refractivity contribution in [1.82, 2.24) is 15.0 Å². The second-order valence-corrected chi connectivity index (χ2v) is 6.78. The van der Waals surface area contributed by atoms with Crippen LogP contribution in [0.1, 0.15) is 5.56 Å². The Kier molecular flexibility index (Phi) is 7.05. The zero-order valence-electron chi connectivity index (χ0n) is 18.1. The lowest BCUT2D eigenvalue weighted by Crippen LogP contribution is -2.15. The largest absolute Gasteiger partial charge is 0.490 e. The molecule has 1 heterocycles. The monoisotopic (exact) mass is 471 g/mol. The van der Waals surface area contributed by atoms with E-state index in [-0.39, 0.29) is 29.2 Å². The summed E-state index contributed by atoms with van der Waals surface area (Å²) >= 11 is 0. The van der Waals surface area contributed by atoms with E-state index in [1.165, 1.54) is 31.4 Å². The van der Waals surface area contributed by atoms with E-state index < -0.39 is 27.0 Å².